The summed E-state index contributed by atoms with van der Waals surface area (Å²) in [6.07, 6.45) is -2.53. The van der Waals surface area contributed by atoms with Crippen LogP contribution in [0.3, 0.4) is 0 Å². The molecule has 0 aromatic heterocycles. The lowest BCUT2D eigenvalue weighted by molar-refractivity contribution is -0.127. The Labute approximate surface area is 81.8 Å². The lowest BCUT2D eigenvalue weighted by Gasteiger charge is -2.26. The Kier molecular flexibility index (Phi) is 5.56. The maximum Gasteiger partial charge on any atom is 0.261 e. The van der Waals surface area contributed by atoms with E-state index in [-0.39, 0.29) is 6.61 Å². The van der Waals surface area contributed by atoms with Gasteiger partial charge in [0.25, 0.3) is 6.43 Å². The lowest BCUT2D eigenvalue weighted by Crippen LogP contribution is -2.56. The van der Waals surface area contributed by atoms with Crippen LogP contribution in [-0.2, 0) is 9.53 Å². The van der Waals surface area contributed by atoms with E-state index in [1.807, 2.05) is 0 Å². The molecule has 0 aliphatic heterocycles. The largest absolute Gasteiger partial charge is 0.373 e. The smallest absolute Gasteiger partial charge is 0.261 e. The Hall–Kier alpha value is -0.750. The Morgan fingerprint density at radius 2 is 2.21 bits per heavy atom. The van der Waals surface area contributed by atoms with E-state index < -0.39 is 24.5 Å². The number of carbonyl (C=O) groups is 1. The van der Waals surface area contributed by atoms with Crippen molar-refractivity contribution in [3.8, 4) is 0 Å². The molecule has 0 aliphatic carbocycles. The quantitative estimate of drug-likeness (QED) is 0.627. The van der Waals surface area contributed by atoms with Crippen molar-refractivity contribution in [3.05, 3.63) is 0 Å². The summed E-state index contributed by atoms with van der Waals surface area (Å²) < 4.78 is 28.1. The third kappa shape index (κ3) is 4.48. The first kappa shape index (κ1) is 13.2. The van der Waals surface area contributed by atoms with E-state index in [1.54, 1.807) is 6.92 Å². The summed E-state index contributed by atoms with van der Waals surface area (Å²) in [5, 5.41) is 2.79. The average Bonchev–Trinajstić information content (AvgIpc) is 2.03. The minimum absolute atomic E-state index is 0.152. The van der Waals surface area contributed by atoms with Crippen LogP contribution < -0.4 is 11.1 Å². The molecule has 0 fully saturated rings. The molecule has 0 aliphatic rings. The highest BCUT2D eigenvalue weighted by Crippen LogP contribution is 2.04. The number of alkyl halides is 2. The second kappa shape index (κ2) is 5.87. The third-order valence-corrected chi connectivity index (χ3v) is 1.75. The van der Waals surface area contributed by atoms with Gasteiger partial charge in [0.05, 0.1) is 6.61 Å². The molecule has 0 aromatic rings. The van der Waals surface area contributed by atoms with Gasteiger partial charge in [0.1, 0.15) is 12.1 Å². The molecule has 0 saturated heterocycles. The number of likely N-dealkylation sites (N-methyl/N-ethyl adjacent to an activating group) is 1. The molecule has 0 aromatic carbocycles. The predicted molar refractivity (Wildman–Crippen MR) is 48.1 cm³/mol. The number of rotatable bonds is 7. The Morgan fingerprint density at radius 1 is 1.64 bits per heavy atom. The molecule has 4 nitrogen and oxygen atoms in total. The topological polar surface area (TPSA) is 64.3 Å². The van der Waals surface area contributed by atoms with Crippen LogP contribution in [0.4, 0.5) is 8.78 Å². The van der Waals surface area contributed by atoms with E-state index in [9.17, 15) is 13.6 Å². The van der Waals surface area contributed by atoms with Crippen molar-refractivity contribution in [1.29, 1.82) is 0 Å². The molecule has 0 rings (SSSR count). The molecule has 6 heteroatoms. The summed E-state index contributed by atoms with van der Waals surface area (Å²) in [7, 11) is 0. The minimum atomic E-state index is -2.53. The summed E-state index contributed by atoms with van der Waals surface area (Å²) >= 11 is 0. The van der Waals surface area contributed by atoms with Crippen LogP contribution in [0.15, 0.2) is 0 Å². The lowest BCUT2D eigenvalue weighted by atomic mass is 10.0. The van der Waals surface area contributed by atoms with Crippen LogP contribution in [0.2, 0.25) is 0 Å². The van der Waals surface area contributed by atoms with Gasteiger partial charge in [-0.3, -0.25) is 4.79 Å². The van der Waals surface area contributed by atoms with Gasteiger partial charge in [0, 0.05) is 0 Å². The van der Waals surface area contributed by atoms with Crippen LogP contribution >= 0.6 is 0 Å². The van der Waals surface area contributed by atoms with E-state index in [2.05, 4.69) is 10.1 Å². The summed E-state index contributed by atoms with van der Waals surface area (Å²) in [6.45, 7) is 2.98. The predicted octanol–water partition coefficient (Wildman–Crippen LogP) is 0.122. The molecule has 0 bridgehead atoms. The maximum absolute atomic E-state index is 11.7. The van der Waals surface area contributed by atoms with E-state index in [0.717, 1.165) is 0 Å². The van der Waals surface area contributed by atoms with Gasteiger partial charge >= 0.3 is 0 Å². The molecule has 0 heterocycles. The summed E-state index contributed by atoms with van der Waals surface area (Å²) in [5.74, 6) is -0.617. The highest BCUT2D eigenvalue weighted by Gasteiger charge is 2.30. The van der Waals surface area contributed by atoms with Crippen molar-refractivity contribution in [1.82, 2.24) is 5.32 Å². The van der Waals surface area contributed by atoms with Crippen LogP contribution in [0.1, 0.15) is 13.8 Å². The fourth-order valence-corrected chi connectivity index (χ4v) is 0.952. The van der Waals surface area contributed by atoms with Crippen LogP contribution in [0, 0.1) is 0 Å². The Morgan fingerprint density at radius 3 is 2.57 bits per heavy atom. The fraction of sp³-hybridized carbons (Fsp3) is 0.875. The number of halogens is 2. The zero-order valence-electron chi connectivity index (χ0n) is 8.35. The van der Waals surface area contributed by atoms with Gasteiger partial charge in [0.15, 0.2) is 0 Å². The second-order valence-corrected chi connectivity index (χ2v) is 3.13. The zero-order valence-corrected chi connectivity index (χ0v) is 8.35. The molecule has 0 spiro atoms. The van der Waals surface area contributed by atoms with Crippen molar-refractivity contribution < 1.29 is 18.3 Å². The number of amides is 1. The molecular formula is C8H16F2N2O2. The maximum atomic E-state index is 11.7. The van der Waals surface area contributed by atoms with Crippen molar-refractivity contribution >= 4 is 5.91 Å². The van der Waals surface area contributed by atoms with Crippen LogP contribution in [0.5, 0.6) is 0 Å². The van der Waals surface area contributed by atoms with Gasteiger partial charge in [-0.25, -0.2) is 8.78 Å². The van der Waals surface area contributed by atoms with E-state index in [4.69, 9.17) is 5.73 Å². The molecular weight excluding hydrogens is 194 g/mol. The van der Waals surface area contributed by atoms with Gasteiger partial charge in [0.2, 0.25) is 5.91 Å². The highest BCUT2D eigenvalue weighted by molar-refractivity contribution is 5.84. The van der Waals surface area contributed by atoms with E-state index in [1.165, 1.54) is 6.92 Å². The molecule has 14 heavy (non-hydrogen) atoms. The fourth-order valence-electron chi connectivity index (χ4n) is 0.952. The number of hydrogen-bond acceptors (Lipinski definition) is 3. The van der Waals surface area contributed by atoms with Gasteiger partial charge < -0.3 is 15.8 Å². The molecule has 0 saturated carbocycles. The first-order chi connectivity index (χ1) is 6.42. The summed E-state index contributed by atoms with van der Waals surface area (Å²) in [6, 6.07) is 0. The van der Waals surface area contributed by atoms with Crippen molar-refractivity contribution in [2.75, 3.05) is 19.8 Å². The normalized spacial score (nSPS) is 15.5. The summed E-state index contributed by atoms with van der Waals surface area (Å²) in [5.41, 5.74) is 4.03. The molecule has 3 N–H and O–H groups in total. The van der Waals surface area contributed by atoms with Crippen LogP contribution in [-0.4, -0.2) is 37.6 Å². The molecule has 84 valence electrons. The van der Waals surface area contributed by atoms with Gasteiger partial charge in [-0.2, -0.15) is 0 Å². The van der Waals surface area contributed by atoms with Gasteiger partial charge in [-0.05, 0) is 13.5 Å². The van der Waals surface area contributed by atoms with Gasteiger partial charge in [-0.1, -0.05) is 6.92 Å². The number of hydrogen-bond donors (Lipinski definition) is 2. The number of nitrogens with one attached hydrogen (secondary N) is 1. The molecule has 1 unspecified atom stereocenters. The van der Waals surface area contributed by atoms with Gasteiger partial charge in [-0.15, -0.1) is 0 Å². The first-order valence-corrected chi connectivity index (χ1v) is 4.33. The number of nitrogens with two attached hydrogens (primary N) is 1. The number of ether oxygens (including phenoxy) is 1. The third-order valence-electron chi connectivity index (χ3n) is 1.75. The number of carbonyl (C=O) groups excluding carboxylic acids is 1. The van der Waals surface area contributed by atoms with Crippen molar-refractivity contribution in [2.45, 2.75) is 25.8 Å². The molecule has 1 amide bonds. The Balaban J connectivity index is 4.03. The molecule has 1 atom stereocenters. The monoisotopic (exact) mass is 210 g/mol. The second-order valence-electron chi connectivity index (χ2n) is 3.13. The zero-order chi connectivity index (χ0) is 11.2. The van der Waals surface area contributed by atoms with Crippen LogP contribution in [0.25, 0.3) is 0 Å². The SMILES string of the molecule is CCNC(C)(COCC(F)F)C(N)=O. The van der Waals surface area contributed by atoms with Crippen molar-refractivity contribution in [2.24, 2.45) is 5.73 Å². The first-order valence-electron chi connectivity index (χ1n) is 4.33. The summed E-state index contributed by atoms with van der Waals surface area (Å²) in [4.78, 5) is 11.0. The Bertz CT molecular complexity index is 190. The minimum Gasteiger partial charge on any atom is -0.373 e. The van der Waals surface area contributed by atoms with Crippen molar-refractivity contribution in [3.63, 3.8) is 0 Å². The van der Waals surface area contributed by atoms with E-state index >= 15 is 0 Å². The number of primary amides is 1. The average molecular weight is 210 g/mol. The van der Waals surface area contributed by atoms with E-state index in [0.29, 0.717) is 6.54 Å². The molecule has 0 radical (unpaired) electrons. The highest BCUT2D eigenvalue weighted by atomic mass is 19.3. The standard InChI is InChI=1S/C8H16F2N2O2/c1-3-12-8(2,7(11)13)5-14-4-6(9)10/h6,12H,3-5H2,1-2H3,(H2,11,13).